The van der Waals surface area contributed by atoms with Crippen molar-refractivity contribution < 1.29 is 0 Å². The second-order valence-electron chi connectivity index (χ2n) is 12.3. The molecule has 0 amide bonds. The van der Waals surface area contributed by atoms with E-state index in [2.05, 4.69) is 141 Å². The maximum Gasteiger partial charge on any atom is 0.160 e. The number of aliphatic imine (C=N–C) groups is 1. The van der Waals surface area contributed by atoms with Gasteiger partial charge in [-0.1, -0.05) is 115 Å². The molecule has 4 nitrogen and oxygen atoms in total. The van der Waals surface area contributed by atoms with Crippen LogP contribution in [-0.2, 0) is 0 Å². The number of dihydropyridines is 1. The highest BCUT2D eigenvalue weighted by Gasteiger charge is 2.29. The van der Waals surface area contributed by atoms with Crippen molar-refractivity contribution in [3.8, 4) is 45.0 Å². The lowest BCUT2D eigenvalue weighted by molar-refractivity contribution is 0.590. The quantitative estimate of drug-likeness (QED) is 0.203. The summed E-state index contributed by atoms with van der Waals surface area (Å²) in [5, 5.41) is 0. The molecule has 3 aliphatic rings. The zero-order valence-electron chi connectivity index (χ0n) is 26.1. The van der Waals surface area contributed by atoms with Crippen LogP contribution in [0.25, 0.3) is 56.7 Å². The first kappa shape index (κ1) is 28.0. The van der Waals surface area contributed by atoms with Crippen molar-refractivity contribution in [1.29, 1.82) is 0 Å². The van der Waals surface area contributed by atoms with E-state index < -0.39 is 0 Å². The zero-order chi connectivity index (χ0) is 31.0. The van der Waals surface area contributed by atoms with Gasteiger partial charge in [0.2, 0.25) is 0 Å². The smallest absolute Gasteiger partial charge is 0.160 e. The molecule has 222 valence electrons. The minimum Gasteiger partial charge on any atom is -0.279 e. The van der Waals surface area contributed by atoms with Crippen molar-refractivity contribution in [3.63, 3.8) is 0 Å². The molecule has 3 heterocycles. The standard InChI is InChI=1S/C42H34N4/c1-27-25-37(44-41-36(27)24-23-34-14-13-28(2)43-40(34)41)33-19-15-29(16-20-33)30-17-21-35(22-18-30)42-45-38(31-9-5-3-6-10-31)26-39(46-42)32-11-7-4-8-12-32/h3-7,9-11,13-26,34,40H,8,12H2,1-2H3. The molecule has 2 aromatic heterocycles. The van der Waals surface area contributed by atoms with Crippen LogP contribution < -0.4 is 0 Å². The first-order valence-corrected chi connectivity index (χ1v) is 16.0. The normalized spacial score (nSPS) is 18.0. The van der Waals surface area contributed by atoms with Crippen LogP contribution in [0.1, 0.15) is 48.3 Å². The number of aryl methyl sites for hydroxylation is 1. The molecule has 5 aromatic rings. The fourth-order valence-electron chi connectivity index (χ4n) is 6.58. The van der Waals surface area contributed by atoms with E-state index in [0.717, 1.165) is 75.0 Å². The summed E-state index contributed by atoms with van der Waals surface area (Å²) in [6.07, 6.45) is 17.3. The zero-order valence-corrected chi connectivity index (χ0v) is 26.1. The Labute approximate surface area is 270 Å². The molecule has 1 aliphatic heterocycles. The summed E-state index contributed by atoms with van der Waals surface area (Å²) in [6.45, 7) is 4.23. The van der Waals surface area contributed by atoms with E-state index in [1.54, 1.807) is 0 Å². The highest BCUT2D eigenvalue weighted by Crippen LogP contribution is 2.40. The van der Waals surface area contributed by atoms with Crippen LogP contribution in [0.15, 0.2) is 132 Å². The first-order chi connectivity index (χ1) is 22.6. The lowest BCUT2D eigenvalue weighted by atomic mass is 9.84. The monoisotopic (exact) mass is 594 g/mol. The molecule has 0 radical (unpaired) electrons. The minimum atomic E-state index is 0.0473. The van der Waals surface area contributed by atoms with E-state index in [9.17, 15) is 0 Å². The van der Waals surface area contributed by atoms with Crippen LogP contribution in [0.5, 0.6) is 0 Å². The summed E-state index contributed by atoms with van der Waals surface area (Å²) in [5.41, 5.74) is 14.2. The second-order valence-corrected chi connectivity index (χ2v) is 12.3. The predicted octanol–water partition coefficient (Wildman–Crippen LogP) is 10.3. The maximum absolute atomic E-state index is 5.17. The van der Waals surface area contributed by atoms with Gasteiger partial charge in [-0.05, 0) is 67.2 Å². The van der Waals surface area contributed by atoms with Crippen molar-refractivity contribution in [1.82, 2.24) is 15.0 Å². The third-order valence-corrected chi connectivity index (χ3v) is 9.12. The molecule has 2 aliphatic carbocycles. The van der Waals surface area contributed by atoms with E-state index in [1.165, 1.54) is 16.7 Å². The Morgan fingerprint density at radius 1 is 0.630 bits per heavy atom. The Balaban J connectivity index is 1.09. The number of allylic oxidation sites excluding steroid dienone is 5. The average Bonchev–Trinajstić information content (AvgIpc) is 3.12. The molecule has 0 fully saturated rings. The summed E-state index contributed by atoms with van der Waals surface area (Å²) >= 11 is 0. The van der Waals surface area contributed by atoms with Crippen LogP contribution in [0, 0.1) is 12.8 Å². The number of benzene rings is 3. The topological polar surface area (TPSA) is 51.0 Å². The van der Waals surface area contributed by atoms with Gasteiger partial charge in [-0.25, -0.2) is 15.0 Å². The van der Waals surface area contributed by atoms with Gasteiger partial charge in [0.05, 0.1) is 22.8 Å². The van der Waals surface area contributed by atoms with Crippen molar-refractivity contribution in [2.24, 2.45) is 10.9 Å². The van der Waals surface area contributed by atoms with Gasteiger partial charge in [-0.3, -0.25) is 4.99 Å². The number of fused-ring (bicyclic) bond motifs is 3. The van der Waals surface area contributed by atoms with Crippen LogP contribution in [-0.4, -0.2) is 20.7 Å². The molecule has 0 bridgehead atoms. The van der Waals surface area contributed by atoms with Gasteiger partial charge in [0, 0.05) is 33.9 Å². The Bertz CT molecular complexity index is 2100. The Morgan fingerprint density at radius 3 is 2.02 bits per heavy atom. The van der Waals surface area contributed by atoms with Gasteiger partial charge in [0.25, 0.3) is 0 Å². The summed E-state index contributed by atoms with van der Waals surface area (Å²) < 4.78 is 0. The van der Waals surface area contributed by atoms with Gasteiger partial charge in [0.1, 0.15) is 6.04 Å². The maximum atomic E-state index is 5.17. The highest BCUT2D eigenvalue weighted by molar-refractivity contribution is 5.94. The molecule has 2 atom stereocenters. The van der Waals surface area contributed by atoms with Crippen molar-refractivity contribution >= 4 is 17.4 Å². The minimum absolute atomic E-state index is 0.0473. The number of aromatic nitrogens is 3. The molecule has 0 saturated heterocycles. The Hall–Kier alpha value is -5.48. The van der Waals surface area contributed by atoms with Gasteiger partial charge in [-0.15, -0.1) is 0 Å². The highest BCUT2D eigenvalue weighted by atomic mass is 14.9. The summed E-state index contributed by atoms with van der Waals surface area (Å²) in [5.74, 6) is 1.01. The number of hydrogen-bond acceptors (Lipinski definition) is 4. The van der Waals surface area contributed by atoms with E-state index in [4.69, 9.17) is 19.9 Å². The van der Waals surface area contributed by atoms with Crippen molar-refractivity contribution in [2.45, 2.75) is 32.7 Å². The Kier molecular flexibility index (Phi) is 7.18. The molecule has 3 aromatic carbocycles. The van der Waals surface area contributed by atoms with Gasteiger partial charge < -0.3 is 0 Å². The van der Waals surface area contributed by atoms with Crippen LogP contribution >= 0.6 is 0 Å². The van der Waals surface area contributed by atoms with Gasteiger partial charge in [0.15, 0.2) is 5.82 Å². The largest absolute Gasteiger partial charge is 0.279 e. The third kappa shape index (κ3) is 5.37. The molecule has 0 spiro atoms. The molecule has 8 rings (SSSR count). The predicted molar refractivity (Wildman–Crippen MR) is 190 cm³/mol. The first-order valence-electron chi connectivity index (χ1n) is 16.0. The Morgan fingerprint density at radius 2 is 1.28 bits per heavy atom. The SMILES string of the molecule is CC1=NC2c3nc(-c4ccc(-c5ccc(-c6nc(C7=CC=CCC7)cc(-c7ccccc7)n6)cc5)cc4)cc(C)c3C=CC2C=C1. The molecule has 4 heteroatoms. The summed E-state index contributed by atoms with van der Waals surface area (Å²) in [6, 6.07) is 32.0. The lowest BCUT2D eigenvalue weighted by Gasteiger charge is -2.28. The lowest BCUT2D eigenvalue weighted by Crippen LogP contribution is -2.18. The fraction of sp³-hybridized carbons (Fsp3) is 0.143. The van der Waals surface area contributed by atoms with E-state index >= 15 is 0 Å². The van der Waals surface area contributed by atoms with Gasteiger partial charge in [-0.2, -0.15) is 0 Å². The summed E-state index contributed by atoms with van der Waals surface area (Å²) in [7, 11) is 0. The third-order valence-electron chi connectivity index (χ3n) is 9.12. The van der Waals surface area contributed by atoms with Crippen molar-refractivity contribution in [2.75, 3.05) is 0 Å². The van der Waals surface area contributed by atoms with E-state index in [-0.39, 0.29) is 12.0 Å². The number of hydrogen-bond donors (Lipinski definition) is 0. The second kappa shape index (κ2) is 11.8. The van der Waals surface area contributed by atoms with Gasteiger partial charge >= 0.3 is 0 Å². The van der Waals surface area contributed by atoms with E-state index in [1.807, 2.05) is 6.07 Å². The summed E-state index contributed by atoms with van der Waals surface area (Å²) in [4.78, 5) is 20.2. The van der Waals surface area contributed by atoms with Crippen LogP contribution in [0.2, 0.25) is 0 Å². The molecule has 0 N–H and O–H groups in total. The number of pyridine rings is 1. The van der Waals surface area contributed by atoms with Crippen LogP contribution in [0.4, 0.5) is 0 Å². The average molecular weight is 595 g/mol. The van der Waals surface area contributed by atoms with Crippen molar-refractivity contribution in [3.05, 3.63) is 150 Å². The van der Waals surface area contributed by atoms with E-state index in [0.29, 0.717) is 0 Å². The molecule has 2 unspecified atom stereocenters. The molecular formula is C42H34N4. The molecular weight excluding hydrogens is 560 g/mol. The molecule has 0 saturated carbocycles. The number of rotatable bonds is 5. The van der Waals surface area contributed by atoms with Crippen LogP contribution in [0.3, 0.4) is 0 Å². The fourth-order valence-corrected chi connectivity index (χ4v) is 6.58. The molecule has 46 heavy (non-hydrogen) atoms. The number of nitrogens with zero attached hydrogens (tertiary/aromatic N) is 4.